The van der Waals surface area contributed by atoms with E-state index in [-0.39, 0.29) is 25.4 Å². The lowest BCUT2D eigenvalue weighted by molar-refractivity contribution is -0.158. The van der Waals surface area contributed by atoms with Crippen LogP contribution in [-0.4, -0.2) is 64.9 Å². The molecule has 2 rings (SSSR count). The molecule has 1 fully saturated rings. The summed E-state index contributed by atoms with van der Waals surface area (Å²) in [5.41, 5.74) is 0.909. The molecule has 35 heavy (non-hydrogen) atoms. The summed E-state index contributed by atoms with van der Waals surface area (Å²) in [5, 5.41) is 8.78. The summed E-state index contributed by atoms with van der Waals surface area (Å²) in [6.07, 6.45) is 3.34. The Bertz CT molecular complexity index is 927. The third-order valence-corrected chi connectivity index (χ3v) is 5.69. The van der Waals surface area contributed by atoms with Crippen molar-refractivity contribution in [3.8, 4) is 0 Å². The van der Waals surface area contributed by atoms with Crippen molar-refractivity contribution in [3.63, 3.8) is 0 Å². The number of esters is 1. The molecule has 0 aliphatic carbocycles. The smallest absolute Gasteiger partial charge is 0.416 e. The Morgan fingerprint density at radius 2 is 1.80 bits per heavy atom. The Hall–Kier alpha value is -3.33. The minimum Gasteiger partial charge on any atom is -0.453 e. The van der Waals surface area contributed by atoms with E-state index in [0.717, 1.165) is 42.4 Å². The van der Waals surface area contributed by atoms with Gasteiger partial charge in [0.15, 0.2) is 17.7 Å². The average molecular weight is 488 g/mol. The monoisotopic (exact) mass is 487 g/mol. The van der Waals surface area contributed by atoms with Crippen molar-refractivity contribution in [2.24, 2.45) is 5.92 Å². The van der Waals surface area contributed by atoms with E-state index in [0.29, 0.717) is 19.3 Å². The Kier molecular flexibility index (Phi) is 11.3. The minimum atomic E-state index is -1.49. The number of imide groups is 1. The van der Waals surface area contributed by atoms with Crippen LogP contribution in [0.5, 0.6) is 0 Å². The summed E-state index contributed by atoms with van der Waals surface area (Å²) < 4.78 is 10.2. The molecule has 2 amide bonds. The number of aliphatic hydroxyl groups excluding tert-OH is 1. The van der Waals surface area contributed by atoms with Gasteiger partial charge in [-0.25, -0.2) is 9.69 Å². The first-order valence-corrected chi connectivity index (χ1v) is 11.8. The van der Waals surface area contributed by atoms with E-state index in [4.69, 9.17) is 14.6 Å². The summed E-state index contributed by atoms with van der Waals surface area (Å²) in [6.45, 7) is 2.64. The maximum Gasteiger partial charge on any atom is 0.416 e. The number of ether oxygens (including phenoxy) is 2. The lowest BCUT2D eigenvalue weighted by Crippen LogP contribution is -2.48. The van der Waals surface area contributed by atoms with Gasteiger partial charge in [-0.15, -0.1) is 0 Å². The number of amides is 2. The van der Waals surface area contributed by atoms with Gasteiger partial charge in [-0.2, -0.15) is 0 Å². The molecule has 1 heterocycles. The molecule has 9 nitrogen and oxygen atoms in total. The van der Waals surface area contributed by atoms with Crippen molar-refractivity contribution in [1.82, 2.24) is 4.90 Å². The SMILES string of the molecule is CC(=O)O[C@H](C(=O)C=CC(=O)CCCCCCO)[C@H](C)C(=O)N1C(=O)OC[C@@H]1Cc1ccccc1. The van der Waals surface area contributed by atoms with Crippen LogP contribution >= 0.6 is 0 Å². The maximum absolute atomic E-state index is 13.2. The molecule has 0 radical (unpaired) electrons. The van der Waals surface area contributed by atoms with E-state index in [9.17, 15) is 24.0 Å². The van der Waals surface area contributed by atoms with Crippen molar-refractivity contribution in [1.29, 1.82) is 0 Å². The van der Waals surface area contributed by atoms with Gasteiger partial charge in [-0.1, -0.05) is 43.2 Å². The molecule has 0 aromatic heterocycles. The molecule has 1 N–H and O–H groups in total. The lowest BCUT2D eigenvalue weighted by Gasteiger charge is -2.26. The van der Waals surface area contributed by atoms with Gasteiger partial charge < -0.3 is 14.6 Å². The van der Waals surface area contributed by atoms with Gasteiger partial charge in [0.05, 0.1) is 12.0 Å². The third kappa shape index (κ3) is 8.75. The summed E-state index contributed by atoms with van der Waals surface area (Å²) in [4.78, 5) is 63.0. The van der Waals surface area contributed by atoms with Gasteiger partial charge in [0.25, 0.3) is 0 Å². The molecule has 1 aromatic rings. The Morgan fingerprint density at radius 1 is 1.11 bits per heavy atom. The zero-order chi connectivity index (χ0) is 25.8. The van der Waals surface area contributed by atoms with Gasteiger partial charge >= 0.3 is 12.1 Å². The van der Waals surface area contributed by atoms with Crippen LogP contribution in [0.25, 0.3) is 0 Å². The van der Waals surface area contributed by atoms with Gasteiger partial charge in [0.2, 0.25) is 5.91 Å². The highest BCUT2D eigenvalue weighted by Gasteiger charge is 2.43. The third-order valence-electron chi connectivity index (χ3n) is 5.69. The summed E-state index contributed by atoms with van der Waals surface area (Å²) in [7, 11) is 0. The minimum absolute atomic E-state index is 0.0189. The molecule has 3 atom stereocenters. The van der Waals surface area contributed by atoms with Crippen molar-refractivity contribution >= 4 is 29.5 Å². The molecule has 0 unspecified atom stereocenters. The molecule has 9 heteroatoms. The highest BCUT2D eigenvalue weighted by molar-refractivity contribution is 6.04. The lowest BCUT2D eigenvalue weighted by atomic mass is 9.97. The number of unbranched alkanes of at least 4 members (excludes halogenated alkanes) is 3. The van der Waals surface area contributed by atoms with Gasteiger partial charge in [0.1, 0.15) is 6.61 Å². The summed E-state index contributed by atoms with van der Waals surface area (Å²) >= 11 is 0. The van der Waals surface area contributed by atoms with Crippen LogP contribution in [0.1, 0.15) is 51.5 Å². The number of nitrogens with zero attached hydrogens (tertiary/aromatic N) is 1. The number of carbonyl (C=O) groups excluding carboxylic acids is 5. The number of aliphatic hydroxyl groups is 1. The van der Waals surface area contributed by atoms with Gasteiger partial charge in [-0.3, -0.25) is 19.2 Å². The van der Waals surface area contributed by atoms with Gasteiger partial charge in [0, 0.05) is 20.0 Å². The number of benzene rings is 1. The quantitative estimate of drug-likeness (QED) is 0.241. The number of ketones is 2. The van der Waals surface area contributed by atoms with Gasteiger partial charge in [-0.05, 0) is 43.9 Å². The number of hydrogen-bond acceptors (Lipinski definition) is 8. The topological polar surface area (TPSA) is 127 Å². The fourth-order valence-corrected chi connectivity index (χ4v) is 3.82. The molecule has 0 spiro atoms. The van der Waals surface area contributed by atoms with E-state index < -0.39 is 41.8 Å². The van der Waals surface area contributed by atoms with E-state index in [1.165, 1.54) is 6.92 Å². The molecular formula is C26H33NO8. The second-order valence-corrected chi connectivity index (χ2v) is 8.54. The van der Waals surface area contributed by atoms with Crippen molar-refractivity contribution < 1.29 is 38.6 Å². The maximum atomic E-state index is 13.2. The summed E-state index contributed by atoms with van der Waals surface area (Å²) in [5.74, 6) is -3.63. The predicted octanol–water partition coefficient (Wildman–Crippen LogP) is 2.78. The standard InChI is InChI=1S/C26H33NO8/c1-18(25(32)27-21(17-34-26(27)33)16-20-10-6-5-7-11-20)24(35-19(2)29)23(31)14-13-22(30)12-8-3-4-9-15-28/h5-7,10-11,13-14,18,21,24,28H,3-4,8-9,12,15-17H2,1-2H3/t18-,21-,24-/m0/s1. The van der Waals surface area contributed by atoms with E-state index >= 15 is 0 Å². The van der Waals surface area contributed by atoms with E-state index in [1.54, 1.807) is 0 Å². The van der Waals surface area contributed by atoms with Crippen LogP contribution in [0, 0.1) is 5.92 Å². The fourth-order valence-electron chi connectivity index (χ4n) is 3.82. The Balaban J connectivity index is 2.06. The van der Waals surface area contributed by atoms with Crippen molar-refractivity contribution in [2.45, 2.75) is 64.5 Å². The Labute approximate surface area is 205 Å². The first-order valence-electron chi connectivity index (χ1n) is 11.8. The van der Waals surface area contributed by atoms with Crippen LogP contribution in [0.4, 0.5) is 4.79 Å². The molecule has 0 saturated carbocycles. The molecule has 1 aromatic carbocycles. The molecule has 1 aliphatic heterocycles. The van der Waals surface area contributed by atoms with Crippen LogP contribution in [0.3, 0.4) is 0 Å². The Morgan fingerprint density at radius 3 is 2.46 bits per heavy atom. The van der Waals surface area contributed by atoms with Crippen LogP contribution in [-0.2, 0) is 35.1 Å². The van der Waals surface area contributed by atoms with Crippen molar-refractivity contribution in [3.05, 3.63) is 48.0 Å². The molecule has 1 saturated heterocycles. The summed E-state index contributed by atoms with van der Waals surface area (Å²) in [6, 6.07) is 8.73. The fraction of sp³-hybridized carbons (Fsp3) is 0.500. The highest BCUT2D eigenvalue weighted by atomic mass is 16.6. The zero-order valence-electron chi connectivity index (χ0n) is 20.2. The molecular weight excluding hydrogens is 454 g/mol. The predicted molar refractivity (Wildman–Crippen MR) is 126 cm³/mol. The molecule has 190 valence electrons. The highest BCUT2D eigenvalue weighted by Crippen LogP contribution is 2.23. The molecule has 0 bridgehead atoms. The second-order valence-electron chi connectivity index (χ2n) is 8.54. The molecule has 1 aliphatic rings. The van der Waals surface area contributed by atoms with Crippen LogP contribution < -0.4 is 0 Å². The number of cyclic esters (lactones) is 1. The largest absolute Gasteiger partial charge is 0.453 e. The first-order chi connectivity index (χ1) is 16.7. The van der Waals surface area contributed by atoms with E-state index in [1.807, 2.05) is 30.3 Å². The average Bonchev–Trinajstić information content (AvgIpc) is 3.20. The van der Waals surface area contributed by atoms with Crippen molar-refractivity contribution in [2.75, 3.05) is 13.2 Å². The number of allylic oxidation sites excluding steroid dienone is 1. The number of rotatable bonds is 14. The number of carbonyl (C=O) groups is 5. The number of hydrogen-bond donors (Lipinski definition) is 1. The zero-order valence-corrected chi connectivity index (χ0v) is 20.2. The normalized spacial score (nSPS) is 17.2. The van der Waals surface area contributed by atoms with E-state index in [2.05, 4.69) is 0 Å². The second kappa shape index (κ2) is 14.2. The first kappa shape index (κ1) is 27.9. The van der Waals surface area contributed by atoms with Crippen LogP contribution in [0.2, 0.25) is 0 Å². The van der Waals surface area contributed by atoms with Crippen LogP contribution in [0.15, 0.2) is 42.5 Å².